The molecule has 0 aliphatic rings. The predicted molar refractivity (Wildman–Crippen MR) is 100 cm³/mol. The van der Waals surface area contributed by atoms with Gasteiger partial charge < -0.3 is 10.3 Å². The number of nitrogens with two attached hydrogens (primary N) is 1. The van der Waals surface area contributed by atoms with Gasteiger partial charge in [-0.3, -0.25) is 4.79 Å². The summed E-state index contributed by atoms with van der Waals surface area (Å²) < 4.78 is 1.97. The van der Waals surface area contributed by atoms with Gasteiger partial charge in [0.05, 0.1) is 0 Å². The third kappa shape index (κ3) is 3.86. The summed E-state index contributed by atoms with van der Waals surface area (Å²) in [6.07, 6.45) is 0. The Balaban J connectivity index is 1.95. The van der Waals surface area contributed by atoms with Crippen LogP contribution in [0.15, 0.2) is 59.8 Å². The Morgan fingerprint density at radius 2 is 1.84 bits per heavy atom. The molecule has 0 radical (unpaired) electrons. The number of hydrogen-bond donors (Lipinski definition) is 1. The molecule has 1 heterocycles. The molecule has 0 bridgehead atoms. The Kier molecular flexibility index (Phi) is 5.40. The molecular formula is C18H17ClN4OS. The van der Waals surface area contributed by atoms with E-state index in [1.54, 1.807) is 0 Å². The number of benzene rings is 2. The molecule has 1 aromatic heterocycles. The van der Waals surface area contributed by atoms with Crippen LogP contribution in [0.2, 0.25) is 5.02 Å². The zero-order valence-electron chi connectivity index (χ0n) is 13.6. The summed E-state index contributed by atoms with van der Waals surface area (Å²) in [5.74, 6) is 0.327. The SMILES string of the molecule is CCn1c(SC(C(N)=O)c2ccccc2)nnc1-c1ccc(Cl)cc1. The first-order valence-corrected chi connectivity index (χ1v) is 9.06. The van der Waals surface area contributed by atoms with Crippen molar-refractivity contribution in [1.29, 1.82) is 0 Å². The Labute approximate surface area is 155 Å². The fraction of sp³-hybridized carbons (Fsp3) is 0.167. The van der Waals surface area contributed by atoms with E-state index in [0.717, 1.165) is 17.0 Å². The van der Waals surface area contributed by atoms with Crippen LogP contribution in [-0.2, 0) is 11.3 Å². The summed E-state index contributed by atoms with van der Waals surface area (Å²) in [4.78, 5) is 11.9. The number of carbonyl (C=O) groups is 1. The molecule has 7 heteroatoms. The van der Waals surface area contributed by atoms with Gasteiger partial charge in [-0.2, -0.15) is 0 Å². The van der Waals surface area contributed by atoms with Crippen LogP contribution in [0.4, 0.5) is 0 Å². The van der Waals surface area contributed by atoms with Gasteiger partial charge in [0.25, 0.3) is 0 Å². The van der Waals surface area contributed by atoms with Crippen LogP contribution in [0.25, 0.3) is 11.4 Å². The molecule has 0 saturated carbocycles. The molecule has 5 nitrogen and oxygen atoms in total. The van der Waals surface area contributed by atoms with E-state index in [9.17, 15) is 4.79 Å². The zero-order chi connectivity index (χ0) is 17.8. The summed E-state index contributed by atoms with van der Waals surface area (Å²) in [6.45, 7) is 2.68. The average Bonchev–Trinajstić information content (AvgIpc) is 3.03. The minimum absolute atomic E-state index is 0.408. The normalized spacial score (nSPS) is 12.1. The van der Waals surface area contributed by atoms with Gasteiger partial charge in [-0.1, -0.05) is 53.7 Å². The van der Waals surface area contributed by atoms with Crippen molar-refractivity contribution in [2.24, 2.45) is 5.73 Å². The van der Waals surface area contributed by atoms with Gasteiger partial charge in [-0.05, 0) is 36.8 Å². The molecule has 0 fully saturated rings. The number of halogens is 1. The number of thioether (sulfide) groups is 1. The first-order valence-electron chi connectivity index (χ1n) is 7.80. The average molecular weight is 373 g/mol. The van der Waals surface area contributed by atoms with Crippen molar-refractivity contribution in [3.05, 3.63) is 65.2 Å². The van der Waals surface area contributed by atoms with Crippen LogP contribution in [0.1, 0.15) is 17.7 Å². The third-order valence-electron chi connectivity index (χ3n) is 3.72. The van der Waals surface area contributed by atoms with Crippen molar-refractivity contribution >= 4 is 29.3 Å². The van der Waals surface area contributed by atoms with Gasteiger partial charge in [0.2, 0.25) is 5.91 Å². The lowest BCUT2D eigenvalue weighted by molar-refractivity contribution is -0.117. The Morgan fingerprint density at radius 3 is 2.44 bits per heavy atom. The molecule has 0 spiro atoms. The summed E-state index contributed by atoms with van der Waals surface area (Å²) in [5.41, 5.74) is 7.37. The minimum Gasteiger partial charge on any atom is -0.368 e. The standard InChI is InChI=1S/C18H17ClN4OS/c1-2-23-17(13-8-10-14(19)11-9-13)21-22-18(23)25-15(16(20)24)12-6-4-3-5-7-12/h3-11,15H,2H2,1H3,(H2,20,24). The van der Waals surface area contributed by atoms with Crippen LogP contribution in [0.3, 0.4) is 0 Å². The second-order valence-electron chi connectivity index (χ2n) is 5.37. The van der Waals surface area contributed by atoms with Crippen molar-refractivity contribution in [1.82, 2.24) is 14.8 Å². The lowest BCUT2D eigenvalue weighted by atomic mass is 10.1. The maximum Gasteiger partial charge on any atom is 0.235 e. The number of nitrogens with zero attached hydrogens (tertiary/aromatic N) is 3. The second kappa shape index (κ2) is 7.72. The molecule has 3 aromatic rings. The van der Waals surface area contributed by atoms with Crippen molar-refractivity contribution in [3.8, 4) is 11.4 Å². The van der Waals surface area contributed by atoms with Crippen LogP contribution in [-0.4, -0.2) is 20.7 Å². The molecule has 1 amide bonds. The van der Waals surface area contributed by atoms with Crippen molar-refractivity contribution in [2.75, 3.05) is 0 Å². The largest absolute Gasteiger partial charge is 0.368 e. The maximum atomic E-state index is 11.9. The highest BCUT2D eigenvalue weighted by molar-refractivity contribution is 8.00. The van der Waals surface area contributed by atoms with Crippen LogP contribution >= 0.6 is 23.4 Å². The molecule has 1 unspecified atom stereocenters. The van der Waals surface area contributed by atoms with E-state index in [4.69, 9.17) is 17.3 Å². The Morgan fingerprint density at radius 1 is 1.16 bits per heavy atom. The molecule has 0 saturated heterocycles. The number of amides is 1. The Hall–Kier alpha value is -2.31. The highest BCUT2D eigenvalue weighted by Gasteiger charge is 2.23. The lowest BCUT2D eigenvalue weighted by Gasteiger charge is -2.14. The first-order chi connectivity index (χ1) is 12.1. The Bertz CT molecular complexity index is 865. The lowest BCUT2D eigenvalue weighted by Crippen LogP contribution is -2.19. The van der Waals surface area contributed by atoms with Gasteiger partial charge in [0, 0.05) is 17.1 Å². The third-order valence-corrected chi connectivity index (χ3v) is 5.22. The van der Waals surface area contributed by atoms with Crippen molar-refractivity contribution < 1.29 is 4.79 Å². The number of primary amides is 1. The molecule has 25 heavy (non-hydrogen) atoms. The number of hydrogen-bond acceptors (Lipinski definition) is 4. The van der Waals surface area contributed by atoms with E-state index >= 15 is 0 Å². The van der Waals surface area contributed by atoms with Gasteiger partial charge in [0.1, 0.15) is 5.25 Å². The molecule has 2 N–H and O–H groups in total. The monoisotopic (exact) mass is 372 g/mol. The minimum atomic E-state index is -0.520. The smallest absolute Gasteiger partial charge is 0.235 e. The van der Waals surface area contributed by atoms with Gasteiger partial charge in [-0.15, -0.1) is 10.2 Å². The van der Waals surface area contributed by atoms with E-state index in [0.29, 0.717) is 16.7 Å². The molecule has 0 aliphatic heterocycles. The summed E-state index contributed by atoms with van der Waals surface area (Å²) in [5, 5.41) is 9.36. The predicted octanol–water partition coefficient (Wildman–Crippen LogP) is 3.94. The van der Waals surface area contributed by atoms with E-state index in [2.05, 4.69) is 10.2 Å². The number of carbonyl (C=O) groups excluding carboxylic acids is 1. The molecule has 0 aliphatic carbocycles. The molecule has 2 aromatic carbocycles. The molecule has 128 valence electrons. The van der Waals surface area contributed by atoms with Crippen LogP contribution < -0.4 is 5.73 Å². The number of aromatic nitrogens is 3. The molecule has 3 rings (SSSR count). The van der Waals surface area contributed by atoms with Crippen molar-refractivity contribution in [2.45, 2.75) is 23.9 Å². The van der Waals surface area contributed by atoms with E-state index < -0.39 is 11.2 Å². The van der Waals surface area contributed by atoms with E-state index in [-0.39, 0.29) is 0 Å². The summed E-state index contributed by atoms with van der Waals surface area (Å²) in [7, 11) is 0. The van der Waals surface area contributed by atoms with E-state index in [1.807, 2.05) is 66.1 Å². The maximum absolute atomic E-state index is 11.9. The van der Waals surface area contributed by atoms with Gasteiger partial charge in [-0.25, -0.2) is 0 Å². The van der Waals surface area contributed by atoms with Crippen molar-refractivity contribution in [3.63, 3.8) is 0 Å². The fourth-order valence-electron chi connectivity index (χ4n) is 2.50. The summed E-state index contributed by atoms with van der Waals surface area (Å²) in [6, 6.07) is 16.9. The quantitative estimate of drug-likeness (QED) is 0.665. The van der Waals surface area contributed by atoms with E-state index in [1.165, 1.54) is 11.8 Å². The van der Waals surface area contributed by atoms with Crippen LogP contribution in [0.5, 0.6) is 0 Å². The number of rotatable bonds is 6. The highest BCUT2D eigenvalue weighted by Crippen LogP contribution is 2.35. The zero-order valence-corrected chi connectivity index (χ0v) is 15.2. The summed E-state index contributed by atoms with van der Waals surface area (Å²) >= 11 is 7.26. The topological polar surface area (TPSA) is 73.8 Å². The second-order valence-corrected chi connectivity index (χ2v) is 6.88. The van der Waals surface area contributed by atoms with Gasteiger partial charge >= 0.3 is 0 Å². The fourth-order valence-corrected chi connectivity index (χ4v) is 3.67. The highest BCUT2D eigenvalue weighted by atomic mass is 35.5. The van der Waals surface area contributed by atoms with Gasteiger partial charge in [0.15, 0.2) is 11.0 Å². The molecular weight excluding hydrogens is 356 g/mol. The molecule has 1 atom stereocenters. The van der Waals surface area contributed by atoms with Crippen LogP contribution in [0, 0.1) is 0 Å². The first kappa shape index (κ1) is 17.5.